The maximum absolute atomic E-state index is 12.4. The highest BCUT2D eigenvalue weighted by Crippen LogP contribution is 2.31. The van der Waals surface area contributed by atoms with Crippen LogP contribution < -0.4 is 10.2 Å². The molecule has 0 unspecified atom stereocenters. The minimum atomic E-state index is -0.312. The summed E-state index contributed by atoms with van der Waals surface area (Å²) in [6, 6.07) is 7.77. The van der Waals surface area contributed by atoms with Gasteiger partial charge < -0.3 is 19.9 Å². The molecule has 0 saturated heterocycles. The van der Waals surface area contributed by atoms with E-state index in [9.17, 15) is 4.79 Å². The first-order chi connectivity index (χ1) is 10.9. The monoisotopic (exact) mass is 333 g/mol. The van der Waals surface area contributed by atoms with Crippen LogP contribution in [-0.4, -0.2) is 43.7 Å². The van der Waals surface area contributed by atoms with Gasteiger partial charge in [0.25, 0.3) is 0 Å². The number of nitrogens with one attached hydrogen (secondary N) is 1. The van der Waals surface area contributed by atoms with Gasteiger partial charge in [0.05, 0.1) is 18.2 Å². The number of hydrogen-bond acceptors (Lipinski definition) is 4. The van der Waals surface area contributed by atoms with E-state index in [1.54, 1.807) is 11.8 Å². The fraction of sp³-hybridized carbons (Fsp3) is 0.412. The van der Waals surface area contributed by atoms with E-state index in [0.717, 1.165) is 16.9 Å². The first-order valence-electron chi connectivity index (χ1n) is 7.56. The Morgan fingerprint density at radius 3 is 2.48 bits per heavy atom. The lowest BCUT2D eigenvalue weighted by Crippen LogP contribution is -2.46. The number of anilines is 1. The quantitative estimate of drug-likeness (QED) is 0.674. The topological polar surface area (TPSA) is 44.8 Å². The van der Waals surface area contributed by atoms with Crippen LogP contribution in [0.3, 0.4) is 0 Å². The summed E-state index contributed by atoms with van der Waals surface area (Å²) in [6.07, 6.45) is 0. The molecule has 0 aromatic heterocycles. The van der Waals surface area contributed by atoms with Gasteiger partial charge in [0.15, 0.2) is 5.11 Å². The number of hydrogen-bond donors (Lipinski definition) is 1. The molecule has 0 fully saturated rings. The van der Waals surface area contributed by atoms with E-state index in [2.05, 4.69) is 5.32 Å². The lowest BCUT2D eigenvalue weighted by Gasteiger charge is -2.35. The van der Waals surface area contributed by atoms with Gasteiger partial charge in [-0.3, -0.25) is 0 Å². The minimum absolute atomic E-state index is 0.297. The summed E-state index contributed by atoms with van der Waals surface area (Å²) in [4.78, 5) is 16.3. The van der Waals surface area contributed by atoms with Gasteiger partial charge in [-0.2, -0.15) is 0 Å². The van der Waals surface area contributed by atoms with Crippen LogP contribution in [0.2, 0.25) is 0 Å². The molecule has 23 heavy (non-hydrogen) atoms. The summed E-state index contributed by atoms with van der Waals surface area (Å²) in [5.74, 6) is -0.312. The van der Waals surface area contributed by atoms with Gasteiger partial charge in [-0.15, -0.1) is 0 Å². The van der Waals surface area contributed by atoms with Crippen molar-refractivity contribution in [3.05, 3.63) is 41.1 Å². The van der Waals surface area contributed by atoms with Crippen LogP contribution in [0.15, 0.2) is 35.5 Å². The van der Waals surface area contributed by atoms with Crippen LogP contribution in [0, 0.1) is 0 Å². The third-order valence-electron chi connectivity index (χ3n) is 3.99. The SMILES string of the molecule is CCOC(=O)C1=C(C)N(C)C(=S)N[C@H]1c1ccc(N(C)C)cc1. The maximum atomic E-state index is 12.4. The molecule has 0 saturated carbocycles. The first-order valence-corrected chi connectivity index (χ1v) is 7.97. The number of thiocarbonyl (C=S) groups is 1. The summed E-state index contributed by atoms with van der Waals surface area (Å²) in [6.45, 7) is 4.04. The average Bonchev–Trinajstić information content (AvgIpc) is 2.52. The van der Waals surface area contributed by atoms with E-state index in [-0.39, 0.29) is 12.0 Å². The van der Waals surface area contributed by atoms with Crippen LogP contribution in [0.1, 0.15) is 25.5 Å². The molecule has 1 aliphatic rings. The normalized spacial score (nSPS) is 17.9. The predicted molar refractivity (Wildman–Crippen MR) is 96.3 cm³/mol. The molecular formula is C17H23N3O2S. The molecule has 0 amide bonds. The fourth-order valence-electron chi connectivity index (χ4n) is 2.52. The Hall–Kier alpha value is -2.08. The predicted octanol–water partition coefficient (Wildman–Crippen LogP) is 2.45. The number of allylic oxidation sites excluding steroid dienone is 1. The number of rotatable bonds is 4. The second kappa shape index (κ2) is 7.00. The van der Waals surface area contributed by atoms with Crippen molar-refractivity contribution in [1.82, 2.24) is 10.2 Å². The van der Waals surface area contributed by atoms with E-state index >= 15 is 0 Å². The van der Waals surface area contributed by atoms with Crippen molar-refractivity contribution in [3.8, 4) is 0 Å². The van der Waals surface area contributed by atoms with Crippen LogP contribution in [-0.2, 0) is 9.53 Å². The van der Waals surface area contributed by atoms with Gasteiger partial charge in [0.1, 0.15) is 0 Å². The zero-order valence-electron chi connectivity index (χ0n) is 14.2. The summed E-state index contributed by atoms with van der Waals surface area (Å²) in [5, 5.41) is 3.83. The fourth-order valence-corrected chi connectivity index (χ4v) is 2.78. The highest BCUT2D eigenvalue weighted by Gasteiger charge is 2.33. The van der Waals surface area contributed by atoms with Crippen molar-refractivity contribution in [2.24, 2.45) is 0 Å². The van der Waals surface area contributed by atoms with Gasteiger partial charge in [0, 0.05) is 32.5 Å². The van der Waals surface area contributed by atoms with Crippen molar-refractivity contribution in [2.45, 2.75) is 19.9 Å². The Kier molecular flexibility index (Phi) is 5.26. The number of ether oxygens (including phenoxy) is 1. The molecule has 1 heterocycles. The highest BCUT2D eigenvalue weighted by molar-refractivity contribution is 7.80. The second-order valence-electron chi connectivity index (χ2n) is 5.65. The number of nitrogens with zero attached hydrogens (tertiary/aromatic N) is 2. The number of carbonyl (C=O) groups excluding carboxylic acids is 1. The highest BCUT2D eigenvalue weighted by atomic mass is 32.1. The number of carbonyl (C=O) groups is 1. The molecule has 1 atom stereocenters. The van der Waals surface area contributed by atoms with Crippen LogP contribution in [0.4, 0.5) is 5.69 Å². The van der Waals surface area contributed by atoms with E-state index in [1.165, 1.54) is 0 Å². The van der Waals surface area contributed by atoms with Gasteiger partial charge in [-0.25, -0.2) is 4.79 Å². The largest absolute Gasteiger partial charge is 0.463 e. The smallest absolute Gasteiger partial charge is 0.338 e. The Morgan fingerprint density at radius 2 is 1.96 bits per heavy atom. The lowest BCUT2D eigenvalue weighted by atomic mass is 9.95. The molecular weight excluding hydrogens is 310 g/mol. The summed E-state index contributed by atoms with van der Waals surface area (Å²) in [7, 11) is 5.83. The summed E-state index contributed by atoms with van der Waals surface area (Å²) < 4.78 is 5.23. The molecule has 0 radical (unpaired) electrons. The molecule has 0 bridgehead atoms. The zero-order chi connectivity index (χ0) is 17.1. The Bertz CT molecular complexity index is 638. The standard InChI is InChI=1S/C17H23N3O2S/c1-6-22-16(21)14-11(2)20(5)17(23)18-15(14)12-7-9-13(10-8-12)19(3)4/h7-10,15H,6H2,1-5H3,(H,18,23)/t15-/m0/s1. The molecule has 5 nitrogen and oxygen atoms in total. The molecule has 1 aliphatic heterocycles. The van der Waals surface area contributed by atoms with Crippen LogP contribution in [0.25, 0.3) is 0 Å². The minimum Gasteiger partial charge on any atom is -0.463 e. The van der Waals surface area contributed by atoms with Crippen molar-refractivity contribution in [2.75, 3.05) is 32.6 Å². The third kappa shape index (κ3) is 3.47. The van der Waals surface area contributed by atoms with E-state index in [4.69, 9.17) is 17.0 Å². The van der Waals surface area contributed by atoms with Gasteiger partial charge >= 0.3 is 5.97 Å². The average molecular weight is 333 g/mol. The summed E-state index contributed by atoms with van der Waals surface area (Å²) >= 11 is 5.37. The van der Waals surface area contributed by atoms with Gasteiger partial charge in [-0.05, 0) is 43.8 Å². The molecule has 0 spiro atoms. The van der Waals surface area contributed by atoms with Crippen molar-refractivity contribution in [3.63, 3.8) is 0 Å². The van der Waals surface area contributed by atoms with Crippen LogP contribution >= 0.6 is 12.2 Å². The van der Waals surface area contributed by atoms with Crippen molar-refractivity contribution < 1.29 is 9.53 Å². The van der Waals surface area contributed by atoms with E-state index < -0.39 is 0 Å². The molecule has 6 heteroatoms. The Balaban J connectivity index is 2.44. The second-order valence-corrected chi connectivity index (χ2v) is 6.03. The van der Waals surface area contributed by atoms with Gasteiger partial charge in [-0.1, -0.05) is 12.1 Å². The summed E-state index contributed by atoms with van der Waals surface area (Å²) in [5.41, 5.74) is 3.49. The first kappa shape index (κ1) is 17.3. The maximum Gasteiger partial charge on any atom is 0.338 e. The van der Waals surface area contributed by atoms with E-state index in [1.807, 2.05) is 57.2 Å². The van der Waals surface area contributed by atoms with Crippen LogP contribution in [0.5, 0.6) is 0 Å². The molecule has 1 N–H and O–H groups in total. The number of benzene rings is 1. The van der Waals surface area contributed by atoms with E-state index in [0.29, 0.717) is 17.3 Å². The molecule has 1 aromatic rings. The molecule has 0 aliphatic carbocycles. The lowest BCUT2D eigenvalue weighted by molar-refractivity contribution is -0.139. The third-order valence-corrected chi connectivity index (χ3v) is 4.38. The molecule has 1 aromatic carbocycles. The molecule has 2 rings (SSSR count). The van der Waals surface area contributed by atoms with Crippen molar-refractivity contribution >= 4 is 29.0 Å². The number of esters is 1. The zero-order valence-corrected chi connectivity index (χ0v) is 15.0. The van der Waals surface area contributed by atoms with Gasteiger partial charge in [0.2, 0.25) is 0 Å². The Morgan fingerprint density at radius 1 is 1.35 bits per heavy atom. The Labute approximate surface area is 142 Å². The molecule has 124 valence electrons. The van der Waals surface area contributed by atoms with Crippen molar-refractivity contribution in [1.29, 1.82) is 0 Å².